The van der Waals surface area contributed by atoms with Gasteiger partial charge >= 0.3 is 0 Å². The number of nitrogens with zero attached hydrogens (tertiary/aromatic N) is 2. The molecule has 0 aliphatic carbocycles. The van der Waals surface area contributed by atoms with Crippen LogP contribution in [-0.2, 0) is 38.8 Å². The molecule has 0 aromatic carbocycles. The quantitative estimate of drug-likeness (QED) is 0.692. The van der Waals surface area contributed by atoms with Crippen LogP contribution in [0.15, 0.2) is 6.07 Å². The first kappa shape index (κ1) is 21.1. The van der Waals surface area contributed by atoms with Crippen molar-refractivity contribution in [3.8, 4) is 0 Å². The summed E-state index contributed by atoms with van der Waals surface area (Å²) >= 11 is 1.99. The smallest absolute Gasteiger partial charge is 0.222 e. The number of thiophene rings is 1. The predicted molar refractivity (Wildman–Crippen MR) is 121 cm³/mol. The average Bonchev–Trinajstić information content (AvgIpc) is 3.32. The van der Waals surface area contributed by atoms with Crippen LogP contribution in [-0.4, -0.2) is 70.8 Å². The van der Waals surface area contributed by atoms with Gasteiger partial charge in [0.05, 0.1) is 12.2 Å². The Morgan fingerprint density at radius 2 is 2.10 bits per heavy atom. The van der Waals surface area contributed by atoms with Gasteiger partial charge in [0.2, 0.25) is 5.91 Å². The molecule has 5 heterocycles. The highest BCUT2D eigenvalue weighted by molar-refractivity contribution is 7.85. The zero-order valence-corrected chi connectivity index (χ0v) is 19.7. The molecule has 5 rings (SSSR count). The minimum Gasteiger partial charge on any atom is -0.370 e. The Morgan fingerprint density at radius 3 is 2.80 bits per heavy atom. The lowest BCUT2D eigenvalue weighted by molar-refractivity contribution is -0.139. The fourth-order valence-electron chi connectivity index (χ4n) is 5.68. The van der Waals surface area contributed by atoms with Crippen LogP contribution >= 0.6 is 11.3 Å². The minimum atomic E-state index is -0.684. The highest BCUT2D eigenvalue weighted by atomic mass is 32.2. The molecule has 166 valence electrons. The molecule has 4 aliphatic rings. The molecular weight excluding hydrogens is 416 g/mol. The van der Waals surface area contributed by atoms with Crippen LogP contribution in [0, 0.1) is 11.8 Å². The van der Waals surface area contributed by atoms with Crippen molar-refractivity contribution in [2.45, 2.75) is 51.0 Å². The van der Waals surface area contributed by atoms with Gasteiger partial charge in [0, 0.05) is 83.5 Å². The van der Waals surface area contributed by atoms with E-state index >= 15 is 0 Å². The Labute approximate surface area is 186 Å². The number of rotatable bonds is 5. The molecule has 5 nitrogen and oxygen atoms in total. The highest BCUT2D eigenvalue weighted by Crippen LogP contribution is 2.44. The second-order valence-corrected chi connectivity index (χ2v) is 12.5. The molecule has 0 bridgehead atoms. The monoisotopic (exact) mass is 450 g/mol. The maximum Gasteiger partial charge on any atom is 0.222 e. The van der Waals surface area contributed by atoms with Gasteiger partial charge in [-0.05, 0) is 43.2 Å². The molecule has 0 saturated carbocycles. The molecule has 0 radical (unpaired) electrons. The number of aryl methyl sites for hydroxylation is 1. The van der Waals surface area contributed by atoms with Crippen LogP contribution in [0.1, 0.15) is 47.9 Å². The fraction of sp³-hybridized carbons (Fsp3) is 0.783. The Bertz CT molecular complexity index is 809. The average molecular weight is 451 g/mol. The second kappa shape index (κ2) is 8.64. The summed E-state index contributed by atoms with van der Waals surface area (Å²) in [6, 6.07) is 2.42. The van der Waals surface area contributed by atoms with E-state index in [0.717, 1.165) is 82.9 Å². The number of likely N-dealkylation sites (tertiary alicyclic amines) is 2. The van der Waals surface area contributed by atoms with Crippen LogP contribution < -0.4 is 0 Å². The molecule has 3 saturated heterocycles. The zero-order chi connectivity index (χ0) is 20.7. The fourth-order valence-corrected chi connectivity index (χ4v) is 8.43. The molecule has 2 atom stereocenters. The van der Waals surface area contributed by atoms with Gasteiger partial charge < -0.3 is 14.5 Å². The summed E-state index contributed by atoms with van der Waals surface area (Å²) in [5.41, 5.74) is 1.44. The number of carbonyl (C=O) groups is 1. The number of carbonyl (C=O) groups excluding carboxylic acids is 1. The molecule has 1 amide bonds. The SMILES string of the molecule is CCc1cc2c(s1)CCOC21CCN(CC2CN(C(=O)CC3CCS(=O)C3)C2)CC1. The van der Waals surface area contributed by atoms with Crippen molar-refractivity contribution in [3.63, 3.8) is 0 Å². The van der Waals surface area contributed by atoms with Crippen LogP contribution in [0.4, 0.5) is 0 Å². The number of hydrogen-bond donors (Lipinski definition) is 0. The van der Waals surface area contributed by atoms with Gasteiger partial charge in [-0.1, -0.05) is 6.92 Å². The Balaban J connectivity index is 1.09. The summed E-state index contributed by atoms with van der Waals surface area (Å²) in [5, 5.41) is 0. The molecule has 1 aromatic heterocycles. The lowest BCUT2D eigenvalue weighted by atomic mass is 9.82. The van der Waals surface area contributed by atoms with Gasteiger partial charge in [-0.2, -0.15) is 0 Å². The van der Waals surface area contributed by atoms with Crippen molar-refractivity contribution in [2.24, 2.45) is 11.8 Å². The third kappa shape index (κ3) is 4.15. The van der Waals surface area contributed by atoms with Crippen LogP contribution in [0.5, 0.6) is 0 Å². The summed E-state index contributed by atoms with van der Waals surface area (Å²) in [4.78, 5) is 20.1. The van der Waals surface area contributed by atoms with Gasteiger partial charge in [-0.25, -0.2) is 0 Å². The van der Waals surface area contributed by atoms with Crippen molar-refractivity contribution in [1.82, 2.24) is 9.80 Å². The molecule has 1 spiro atoms. The van der Waals surface area contributed by atoms with E-state index in [9.17, 15) is 9.00 Å². The third-order valence-corrected chi connectivity index (χ3v) is 10.4. The van der Waals surface area contributed by atoms with Gasteiger partial charge in [0.1, 0.15) is 0 Å². The summed E-state index contributed by atoms with van der Waals surface area (Å²) in [6.07, 6.45) is 5.94. The molecule has 1 aromatic rings. The molecule has 30 heavy (non-hydrogen) atoms. The van der Waals surface area contributed by atoms with E-state index in [1.54, 1.807) is 4.88 Å². The van der Waals surface area contributed by atoms with Crippen molar-refractivity contribution < 1.29 is 13.7 Å². The van der Waals surface area contributed by atoms with Crippen LogP contribution in [0.3, 0.4) is 0 Å². The molecule has 4 aliphatic heterocycles. The maximum absolute atomic E-state index is 12.5. The van der Waals surface area contributed by atoms with Crippen molar-refractivity contribution in [3.05, 3.63) is 21.4 Å². The standard InChI is InChI=1S/C23H34N2O3S2/c1-2-19-12-20-21(29-19)3-9-28-23(20)5-7-24(8-6-23)13-18-14-25(15-18)22(26)11-17-4-10-30(27)16-17/h12,17-18H,2-11,13-16H2,1H3. The summed E-state index contributed by atoms with van der Waals surface area (Å²) < 4.78 is 17.9. The van der Waals surface area contributed by atoms with Gasteiger partial charge in [0.25, 0.3) is 0 Å². The molecule has 2 unspecified atom stereocenters. The van der Waals surface area contributed by atoms with Crippen LogP contribution in [0.25, 0.3) is 0 Å². The van der Waals surface area contributed by atoms with Gasteiger partial charge in [-0.15, -0.1) is 11.3 Å². The van der Waals surface area contributed by atoms with Crippen molar-refractivity contribution in [2.75, 3.05) is 50.8 Å². The van der Waals surface area contributed by atoms with E-state index in [2.05, 4.69) is 17.9 Å². The first-order valence-corrected chi connectivity index (χ1v) is 14.0. The van der Waals surface area contributed by atoms with E-state index in [1.165, 1.54) is 10.4 Å². The first-order valence-electron chi connectivity index (χ1n) is 11.7. The van der Waals surface area contributed by atoms with E-state index in [4.69, 9.17) is 4.74 Å². The number of fused-ring (bicyclic) bond motifs is 2. The highest BCUT2D eigenvalue weighted by Gasteiger charge is 2.43. The number of amides is 1. The molecule has 7 heteroatoms. The summed E-state index contributed by atoms with van der Waals surface area (Å²) in [6.45, 7) is 8.20. The Morgan fingerprint density at radius 1 is 1.30 bits per heavy atom. The first-order chi connectivity index (χ1) is 14.5. The van der Waals surface area contributed by atoms with Crippen molar-refractivity contribution >= 4 is 28.0 Å². The molecular formula is C23H34N2O3S2. The largest absolute Gasteiger partial charge is 0.370 e. The van der Waals surface area contributed by atoms with E-state index in [1.807, 2.05) is 16.2 Å². The van der Waals surface area contributed by atoms with Gasteiger partial charge in [0.15, 0.2) is 0 Å². The number of piperidine rings is 1. The lowest BCUT2D eigenvalue weighted by Crippen LogP contribution is -2.55. The Hall–Kier alpha value is -0.760. The number of ether oxygens (including phenoxy) is 1. The van der Waals surface area contributed by atoms with E-state index < -0.39 is 10.8 Å². The van der Waals surface area contributed by atoms with E-state index in [0.29, 0.717) is 18.3 Å². The maximum atomic E-state index is 12.5. The zero-order valence-electron chi connectivity index (χ0n) is 18.1. The summed E-state index contributed by atoms with van der Waals surface area (Å²) in [5.74, 6) is 2.75. The lowest BCUT2D eigenvalue weighted by Gasteiger charge is -2.47. The van der Waals surface area contributed by atoms with Gasteiger partial charge in [-0.3, -0.25) is 9.00 Å². The second-order valence-electron chi connectivity index (χ2n) is 9.63. The number of hydrogen-bond acceptors (Lipinski definition) is 5. The topological polar surface area (TPSA) is 49.9 Å². The van der Waals surface area contributed by atoms with E-state index in [-0.39, 0.29) is 11.5 Å². The predicted octanol–water partition coefficient (Wildman–Crippen LogP) is 2.79. The third-order valence-electron chi connectivity index (χ3n) is 7.54. The molecule has 0 N–H and O–H groups in total. The normalized spacial score (nSPS) is 29.2. The minimum absolute atomic E-state index is 0.0447. The van der Waals surface area contributed by atoms with Crippen molar-refractivity contribution in [1.29, 1.82) is 0 Å². The summed E-state index contributed by atoms with van der Waals surface area (Å²) in [7, 11) is -0.684. The van der Waals surface area contributed by atoms with Crippen LogP contribution in [0.2, 0.25) is 0 Å². The Kier molecular flexibility index (Phi) is 6.08. The molecule has 3 fully saturated rings.